The summed E-state index contributed by atoms with van der Waals surface area (Å²) in [5.41, 5.74) is 0. The Morgan fingerprint density at radius 1 is 1.67 bits per heavy atom. The third kappa shape index (κ3) is 3.54. The summed E-state index contributed by atoms with van der Waals surface area (Å²) in [4.78, 5) is 13.9. The van der Waals surface area contributed by atoms with E-state index in [0.29, 0.717) is 19.8 Å². The standard InChI is InChI=1S/C13H19NO3S/c1-9(15)12-3-2-11(18-12)4-6-14-13(16)10-5-7-17-8-10/h2-3,9-10,15H,4-8H2,1H3,(H,14,16)/t9-,10-/m1/s1. The maximum Gasteiger partial charge on any atom is 0.225 e. The van der Waals surface area contributed by atoms with Gasteiger partial charge in [0.05, 0.1) is 18.6 Å². The molecule has 2 heterocycles. The molecule has 1 aromatic rings. The highest BCUT2D eigenvalue weighted by molar-refractivity contribution is 7.12. The molecule has 1 amide bonds. The molecule has 1 aliphatic rings. The van der Waals surface area contributed by atoms with Crippen molar-refractivity contribution in [3.05, 3.63) is 21.9 Å². The molecule has 0 aromatic carbocycles. The molecule has 100 valence electrons. The SMILES string of the molecule is C[C@@H](O)c1ccc(CCNC(=O)[C@@H]2CCOC2)s1. The molecular formula is C13H19NO3S. The van der Waals surface area contributed by atoms with E-state index in [-0.39, 0.29) is 11.8 Å². The zero-order chi connectivity index (χ0) is 13.0. The molecule has 1 aromatic heterocycles. The van der Waals surface area contributed by atoms with Gasteiger partial charge in [0.25, 0.3) is 0 Å². The van der Waals surface area contributed by atoms with Gasteiger partial charge in [0, 0.05) is 22.9 Å². The number of amides is 1. The van der Waals surface area contributed by atoms with E-state index in [0.717, 1.165) is 17.7 Å². The maximum absolute atomic E-state index is 11.7. The molecule has 4 nitrogen and oxygen atoms in total. The summed E-state index contributed by atoms with van der Waals surface area (Å²) in [7, 11) is 0. The van der Waals surface area contributed by atoms with Crippen molar-refractivity contribution in [3.63, 3.8) is 0 Å². The van der Waals surface area contributed by atoms with Crippen LogP contribution in [0.4, 0.5) is 0 Å². The second kappa shape index (κ2) is 6.31. The number of hydrogen-bond donors (Lipinski definition) is 2. The van der Waals surface area contributed by atoms with Crippen LogP contribution >= 0.6 is 11.3 Å². The average Bonchev–Trinajstić information content (AvgIpc) is 3.00. The number of hydrogen-bond acceptors (Lipinski definition) is 4. The average molecular weight is 269 g/mol. The number of thiophene rings is 1. The Bertz CT molecular complexity index is 397. The summed E-state index contributed by atoms with van der Waals surface area (Å²) in [6.07, 6.45) is 1.24. The Hall–Kier alpha value is -0.910. The van der Waals surface area contributed by atoms with E-state index in [4.69, 9.17) is 4.74 Å². The highest BCUT2D eigenvalue weighted by Gasteiger charge is 2.22. The van der Waals surface area contributed by atoms with Crippen molar-refractivity contribution in [1.29, 1.82) is 0 Å². The van der Waals surface area contributed by atoms with Gasteiger partial charge in [-0.05, 0) is 31.9 Å². The molecule has 0 saturated carbocycles. The lowest BCUT2D eigenvalue weighted by Gasteiger charge is -2.08. The van der Waals surface area contributed by atoms with E-state index in [9.17, 15) is 9.90 Å². The van der Waals surface area contributed by atoms with Crippen LogP contribution in [0.3, 0.4) is 0 Å². The number of ether oxygens (including phenoxy) is 1. The van der Waals surface area contributed by atoms with E-state index in [1.807, 2.05) is 12.1 Å². The van der Waals surface area contributed by atoms with Gasteiger partial charge in [-0.1, -0.05) is 0 Å². The zero-order valence-electron chi connectivity index (χ0n) is 10.5. The van der Waals surface area contributed by atoms with Gasteiger partial charge in [0.1, 0.15) is 0 Å². The van der Waals surface area contributed by atoms with Crippen molar-refractivity contribution in [2.45, 2.75) is 25.9 Å². The topological polar surface area (TPSA) is 58.6 Å². The van der Waals surface area contributed by atoms with Gasteiger partial charge in [0.2, 0.25) is 5.91 Å². The summed E-state index contributed by atoms with van der Waals surface area (Å²) < 4.78 is 5.19. The molecule has 2 N–H and O–H groups in total. The summed E-state index contributed by atoms with van der Waals surface area (Å²) >= 11 is 1.60. The second-order valence-electron chi connectivity index (χ2n) is 4.58. The first-order valence-corrected chi connectivity index (χ1v) is 7.10. The van der Waals surface area contributed by atoms with Crippen LogP contribution in [-0.2, 0) is 16.0 Å². The number of rotatable bonds is 5. The fourth-order valence-electron chi connectivity index (χ4n) is 1.95. The third-order valence-electron chi connectivity index (χ3n) is 3.07. The highest BCUT2D eigenvalue weighted by atomic mass is 32.1. The minimum absolute atomic E-state index is 0.0290. The molecular weight excluding hydrogens is 250 g/mol. The number of carbonyl (C=O) groups is 1. The maximum atomic E-state index is 11.7. The first-order valence-electron chi connectivity index (χ1n) is 6.29. The van der Waals surface area contributed by atoms with Gasteiger partial charge in [-0.3, -0.25) is 4.79 Å². The van der Waals surface area contributed by atoms with E-state index in [1.54, 1.807) is 18.3 Å². The molecule has 0 aliphatic carbocycles. The minimum atomic E-state index is -0.408. The number of aliphatic hydroxyl groups excluding tert-OH is 1. The van der Waals surface area contributed by atoms with E-state index in [1.165, 1.54) is 4.88 Å². The van der Waals surface area contributed by atoms with Crippen LogP contribution < -0.4 is 5.32 Å². The molecule has 1 saturated heterocycles. The van der Waals surface area contributed by atoms with Crippen LogP contribution in [0.15, 0.2) is 12.1 Å². The lowest BCUT2D eigenvalue weighted by Crippen LogP contribution is -2.32. The highest BCUT2D eigenvalue weighted by Crippen LogP contribution is 2.23. The summed E-state index contributed by atoms with van der Waals surface area (Å²) in [6.45, 7) is 3.66. The molecule has 1 aliphatic heterocycles. The number of carbonyl (C=O) groups excluding carboxylic acids is 1. The Kier molecular flexibility index (Phi) is 4.74. The lowest BCUT2D eigenvalue weighted by molar-refractivity contribution is -0.124. The van der Waals surface area contributed by atoms with Crippen molar-refractivity contribution < 1.29 is 14.6 Å². The van der Waals surface area contributed by atoms with Gasteiger partial charge in [0.15, 0.2) is 0 Å². The molecule has 0 radical (unpaired) electrons. The van der Waals surface area contributed by atoms with E-state index in [2.05, 4.69) is 5.32 Å². The molecule has 5 heteroatoms. The van der Waals surface area contributed by atoms with E-state index < -0.39 is 6.10 Å². The van der Waals surface area contributed by atoms with Gasteiger partial charge < -0.3 is 15.2 Å². The van der Waals surface area contributed by atoms with Crippen molar-refractivity contribution in [1.82, 2.24) is 5.32 Å². The minimum Gasteiger partial charge on any atom is -0.388 e. The first kappa shape index (κ1) is 13.5. The van der Waals surface area contributed by atoms with Crippen molar-refractivity contribution in [3.8, 4) is 0 Å². The van der Waals surface area contributed by atoms with Crippen LogP contribution in [0, 0.1) is 5.92 Å². The second-order valence-corrected chi connectivity index (χ2v) is 5.78. The quantitative estimate of drug-likeness (QED) is 0.851. The van der Waals surface area contributed by atoms with Crippen LogP contribution in [0.25, 0.3) is 0 Å². The monoisotopic (exact) mass is 269 g/mol. The van der Waals surface area contributed by atoms with Crippen molar-refractivity contribution >= 4 is 17.2 Å². The molecule has 2 rings (SSSR count). The molecule has 18 heavy (non-hydrogen) atoms. The van der Waals surface area contributed by atoms with Gasteiger partial charge in [-0.25, -0.2) is 0 Å². The Balaban J connectivity index is 1.72. The van der Waals surface area contributed by atoms with Gasteiger partial charge in [-0.15, -0.1) is 11.3 Å². The Labute approximate surface area is 111 Å². The zero-order valence-corrected chi connectivity index (χ0v) is 11.3. The van der Waals surface area contributed by atoms with Crippen LogP contribution in [-0.4, -0.2) is 30.8 Å². The third-order valence-corrected chi connectivity index (χ3v) is 4.38. The van der Waals surface area contributed by atoms with Crippen molar-refractivity contribution in [2.24, 2.45) is 5.92 Å². The smallest absolute Gasteiger partial charge is 0.225 e. The molecule has 0 spiro atoms. The summed E-state index contributed by atoms with van der Waals surface area (Å²) in [6, 6.07) is 3.95. The van der Waals surface area contributed by atoms with Crippen LogP contribution in [0.5, 0.6) is 0 Å². The molecule has 0 bridgehead atoms. The van der Waals surface area contributed by atoms with Gasteiger partial charge >= 0.3 is 0 Å². The largest absolute Gasteiger partial charge is 0.388 e. The summed E-state index contributed by atoms with van der Waals surface area (Å²) in [5.74, 6) is 0.126. The lowest BCUT2D eigenvalue weighted by atomic mass is 10.1. The summed E-state index contributed by atoms with van der Waals surface area (Å²) in [5, 5.41) is 12.4. The predicted molar refractivity (Wildman–Crippen MR) is 70.6 cm³/mol. The molecule has 0 unspecified atom stereocenters. The number of nitrogens with one attached hydrogen (secondary N) is 1. The predicted octanol–water partition coefficient (Wildman–Crippen LogP) is 1.50. The fraction of sp³-hybridized carbons (Fsp3) is 0.615. The van der Waals surface area contributed by atoms with Crippen LogP contribution in [0.1, 0.15) is 29.2 Å². The number of aliphatic hydroxyl groups is 1. The first-order chi connectivity index (χ1) is 8.66. The Morgan fingerprint density at radius 2 is 2.50 bits per heavy atom. The normalized spacial score (nSPS) is 20.9. The van der Waals surface area contributed by atoms with Crippen LogP contribution in [0.2, 0.25) is 0 Å². The molecule has 1 fully saturated rings. The van der Waals surface area contributed by atoms with Gasteiger partial charge in [-0.2, -0.15) is 0 Å². The van der Waals surface area contributed by atoms with Crippen molar-refractivity contribution in [2.75, 3.05) is 19.8 Å². The molecule has 2 atom stereocenters. The van der Waals surface area contributed by atoms with E-state index >= 15 is 0 Å². The fourth-order valence-corrected chi connectivity index (χ4v) is 2.90. The Morgan fingerprint density at radius 3 is 3.11 bits per heavy atom.